The predicted octanol–water partition coefficient (Wildman–Crippen LogP) is 0.210. The van der Waals surface area contributed by atoms with E-state index in [9.17, 15) is 9.59 Å². The fraction of sp³-hybridized carbons (Fsp3) is 0.364. The van der Waals surface area contributed by atoms with Crippen molar-refractivity contribution in [2.75, 3.05) is 13.6 Å². The molecule has 0 aliphatic heterocycles. The average molecular weight is 266 g/mol. The highest BCUT2D eigenvalue weighted by Crippen LogP contribution is 2.13. The van der Waals surface area contributed by atoms with E-state index in [0.29, 0.717) is 35.6 Å². The summed E-state index contributed by atoms with van der Waals surface area (Å²) in [6, 6.07) is 1.82. The van der Waals surface area contributed by atoms with Gasteiger partial charge in [-0.2, -0.15) is 0 Å². The van der Waals surface area contributed by atoms with Crippen molar-refractivity contribution < 1.29 is 4.79 Å². The summed E-state index contributed by atoms with van der Waals surface area (Å²) in [4.78, 5) is 29.7. The fourth-order valence-electron chi connectivity index (χ4n) is 1.54. The summed E-state index contributed by atoms with van der Waals surface area (Å²) in [5.74, 6) is 0.569. The first-order valence-corrected chi connectivity index (χ1v) is 6.46. The number of rotatable bonds is 5. The summed E-state index contributed by atoms with van der Waals surface area (Å²) in [5.41, 5.74) is 0.602. The molecular formula is C11H14N4O2S. The van der Waals surface area contributed by atoms with Crippen molar-refractivity contribution >= 4 is 27.5 Å². The Morgan fingerprint density at radius 1 is 1.56 bits per heavy atom. The number of carbonyl (C=O) groups excluding carboxylic acids is 1. The maximum atomic E-state index is 11.7. The molecule has 0 saturated carbocycles. The second kappa shape index (κ2) is 5.74. The number of amides is 1. The van der Waals surface area contributed by atoms with Gasteiger partial charge in [-0.15, -0.1) is 11.3 Å². The van der Waals surface area contributed by atoms with Crippen LogP contribution in [0.25, 0.3) is 10.2 Å². The third-order valence-corrected chi connectivity index (χ3v) is 3.37. The van der Waals surface area contributed by atoms with Crippen LogP contribution in [0.15, 0.2) is 16.2 Å². The summed E-state index contributed by atoms with van der Waals surface area (Å²) in [7, 11) is 1.60. The van der Waals surface area contributed by atoms with Gasteiger partial charge in [-0.3, -0.25) is 9.59 Å². The topological polar surface area (TPSA) is 86.9 Å². The van der Waals surface area contributed by atoms with Gasteiger partial charge in [-0.05, 0) is 11.4 Å². The highest BCUT2D eigenvalue weighted by atomic mass is 32.1. The number of hydrogen-bond acceptors (Lipinski definition) is 5. The van der Waals surface area contributed by atoms with E-state index in [-0.39, 0.29) is 11.5 Å². The number of aromatic amines is 1. The van der Waals surface area contributed by atoms with Gasteiger partial charge in [0.1, 0.15) is 10.5 Å². The lowest BCUT2D eigenvalue weighted by atomic mass is 10.4. The van der Waals surface area contributed by atoms with Crippen LogP contribution < -0.4 is 16.2 Å². The Balaban J connectivity index is 1.95. The van der Waals surface area contributed by atoms with E-state index < -0.39 is 0 Å². The van der Waals surface area contributed by atoms with Crippen molar-refractivity contribution in [3.8, 4) is 0 Å². The van der Waals surface area contributed by atoms with Crippen LogP contribution >= 0.6 is 11.3 Å². The molecule has 2 rings (SSSR count). The maximum absolute atomic E-state index is 11.7. The maximum Gasteiger partial charge on any atom is 0.268 e. The number of fused-ring (bicyclic) bond motifs is 1. The van der Waals surface area contributed by atoms with Crippen LogP contribution in [0.5, 0.6) is 0 Å². The molecule has 0 fully saturated rings. The van der Waals surface area contributed by atoms with Crippen LogP contribution in [0, 0.1) is 0 Å². The summed E-state index contributed by atoms with van der Waals surface area (Å²) in [6.07, 6.45) is 0.404. The molecule has 0 radical (unpaired) electrons. The Morgan fingerprint density at radius 3 is 3.17 bits per heavy atom. The van der Waals surface area contributed by atoms with Crippen molar-refractivity contribution in [2.45, 2.75) is 13.0 Å². The fourth-order valence-corrected chi connectivity index (χ4v) is 2.26. The first-order valence-electron chi connectivity index (χ1n) is 5.58. The molecule has 0 aromatic carbocycles. The minimum atomic E-state index is -0.113. The molecule has 18 heavy (non-hydrogen) atoms. The number of nitrogens with zero attached hydrogens (tertiary/aromatic N) is 1. The van der Waals surface area contributed by atoms with E-state index in [2.05, 4.69) is 20.6 Å². The van der Waals surface area contributed by atoms with Crippen molar-refractivity contribution in [2.24, 2.45) is 0 Å². The van der Waals surface area contributed by atoms with Gasteiger partial charge in [0.15, 0.2) is 0 Å². The molecule has 0 unspecified atom stereocenters. The van der Waals surface area contributed by atoms with Crippen LogP contribution in [0.1, 0.15) is 12.2 Å². The quantitative estimate of drug-likeness (QED) is 0.675. The SMILES string of the molecule is CNC(=O)CCNCc1nc2ccsc2c(=O)[nH]1. The summed E-state index contributed by atoms with van der Waals surface area (Å²) >= 11 is 1.38. The zero-order valence-corrected chi connectivity index (χ0v) is 10.8. The van der Waals surface area contributed by atoms with Gasteiger partial charge in [0, 0.05) is 20.0 Å². The monoisotopic (exact) mass is 266 g/mol. The normalized spacial score (nSPS) is 10.7. The first-order chi connectivity index (χ1) is 8.70. The number of nitrogens with one attached hydrogen (secondary N) is 3. The molecule has 2 aromatic heterocycles. The summed E-state index contributed by atoms with van der Waals surface area (Å²) < 4.78 is 0.643. The highest BCUT2D eigenvalue weighted by Gasteiger charge is 2.04. The van der Waals surface area contributed by atoms with Crippen LogP contribution in [-0.2, 0) is 11.3 Å². The Morgan fingerprint density at radius 2 is 2.39 bits per heavy atom. The molecule has 96 valence electrons. The van der Waals surface area contributed by atoms with E-state index in [1.807, 2.05) is 11.4 Å². The second-order valence-electron chi connectivity index (χ2n) is 3.75. The minimum Gasteiger partial charge on any atom is -0.359 e. The van der Waals surface area contributed by atoms with Crippen molar-refractivity contribution in [1.82, 2.24) is 20.6 Å². The molecular weight excluding hydrogens is 252 g/mol. The van der Waals surface area contributed by atoms with Gasteiger partial charge < -0.3 is 15.6 Å². The van der Waals surface area contributed by atoms with Crippen LogP contribution in [0.2, 0.25) is 0 Å². The van der Waals surface area contributed by atoms with Gasteiger partial charge in [-0.1, -0.05) is 0 Å². The third kappa shape index (κ3) is 2.93. The Hall–Kier alpha value is -1.73. The lowest BCUT2D eigenvalue weighted by Gasteiger charge is -2.03. The van der Waals surface area contributed by atoms with Crippen LogP contribution in [-0.4, -0.2) is 29.5 Å². The molecule has 0 aliphatic rings. The molecule has 1 amide bonds. The van der Waals surface area contributed by atoms with Gasteiger partial charge in [0.2, 0.25) is 5.91 Å². The Labute approximate surface area is 107 Å². The first kappa shape index (κ1) is 12.7. The molecule has 0 spiro atoms. The number of H-pyrrole nitrogens is 1. The van der Waals surface area contributed by atoms with E-state index in [0.717, 1.165) is 0 Å². The lowest BCUT2D eigenvalue weighted by molar-refractivity contribution is -0.120. The third-order valence-electron chi connectivity index (χ3n) is 2.46. The molecule has 2 heterocycles. The Kier molecular flexibility index (Phi) is 4.06. The zero-order valence-electron chi connectivity index (χ0n) is 9.95. The van der Waals surface area contributed by atoms with Crippen LogP contribution in [0.3, 0.4) is 0 Å². The molecule has 7 heteroatoms. The molecule has 3 N–H and O–H groups in total. The molecule has 0 saturated heterocycles. The smallest absolute Gasteiger partial charge is 0.268 e. The number of carbonyl (C=O) groups is 1. The lowest BCUT2D eigenvalue weighted by Crippen LogP contribution is -2.25. The standard InChI is InChI=1S/C11H14N4O2S/c1-12-9(16)2-4-13-6-8-14-7-3-5-18-10(7)11(17)15-8/h3,5,13H,2,4,6H2,1H3,(H,12,16)(H,14,15,17). The number of aromatic nitrogens is 2. The molecule has 6 nitrogen and oxygen atoms in total. The largest absolute Gasteiger partial charge is 0.359 e. The average Bonchev–Trinajstić information content (AvgIpc) is 2.83. The van der Waals surface area contributed by atoms with Crippen molar-refractivity contribution in [3.63, 3.8) is 0 Å². The second-order valence-corrected chi connectivity index (χ2v) is 4.66. The van der Waals surface area contributed by atoms with Gasteiger partial charge in [0.05, 0.1) is 12.1 Å². The predicted molar refractivity (Wildman–Crippen MR) is 70.6 cm³/mol. The molecule has 2 aromatic rings. The van der Waals surface area contributed by atoms with Crippen LogP contribution in [0.4, 0.5) is 0 Å². The highest BCUT2D eigenvalue weighted by molar-refractivity contribution is 7.17. The minimum absolute atomic E-state index is 0.0164. The van der Waals surface area contributed by atoms with E-state index in [4.69, 9.17) is 0 Å². The van der Waals surface area contributed by atoms with Crippen molar-refractivity contribution in [1.29, 1.82) is 0 Å². The molecule has 0 aliphatic carbocycles. The molecule has 0 bridgehead atoms. The number of thiophene rings is 1. The van der Waals surface area contributed by atoms with E-state index in [1.54, 1.807) is 7.05 Å². The van der Waals surface area contributed by atoms with E-state index in [1.165, 1.54) is 11.3 Å². The number of hydrogen-bond donors (Lipinski definition) is 3. The summed E-state index contributed by atoms with van der Waals surface area (Å²) in [6.45, 7) is 0.989. The van der Waals surface area contributed by atoms with Crippen molar-refractivity contribution in [3.05, 3.63) is 27.6 Å². The summed E-state index contributed by atoms with van der Waals surface area (Å²) in [5, 5.41) is 7.45. The Bertz CT molecular complexity index is 604. The zero-order chi connectivity index (χ0) is 13.0. The van der Waals surface area contributed by atoms with Gasteiger partial charge in [0.25, 0.3) is 5.56 Å². The van der Waals surface area contributed by atoms with Gasteiger partial charge >= 0.3 is 0 Å². The van der Waals surface area contributed by atoms with E-state index >= 15 is 0 Å². The molecule has 0 atom stereocenters. The van der Waals surface area contributed by atoms with Gasteiger partial charge in [-0.25, -0.2) is 4.98 Å².